The zero-order valence-corrected chi connectivity index (χ0v) is 9.50. The maximum Gasteiger partial charge on any atom is 0.142 e. The minimum Gasteiger partial charge on any atom is -0.489 e. The summed E-state index contributed by atoms with van der Waals surface area (Å²) in [5, 5.41) is 18.2. The molecule has 1 aromatic rings. The lowest BCUT2D eigenvalue weighted by Crippen LogP contribution is -2.16. The van der Waals surface area contributed by atoms with Gasteiger partial charge in [0, 0.05) is 6.42 Å². The van der Waals surface area contributed by atoms with Crippen LogP contribution in [0.4, 0.5) is 5.69 Å². The molecule has 0 aliphatic carbocycles. The van der Waals surface area contributed by atoms with E-state index in [1.54, 1.807) is 6.07 Å². The number of hydrogen-bond donors (Lipinski definition) is 3. The van der Waals surface area contributed by atoms with Crippen molar-refractivity contribution in [2.75, 3.05) is 25.6 Å². The fourth-order valence-electron chi connectivity index (χ4n) is 1.56. The van der Waals surface area contributed by atoms with Crippen molar-refractivity contribution in [2.45, 2.75) is 18.6 Å². The fourth-order valence-corrected chi connectivity index (χ4v) is 1.56. The number of ether oxygens (including phenoxy) is 2. The molecule has 0 bridgehead atoms. The Morgan fingerprint density at radius 2 is 2.29 bits per heavy atom. The van der Waals surface area contributed by atoms with Gasteiger partial charge in [-0.2, -0.15) is 0 Å². The SMILES string of the molecule is Nc1c(CC(O)CO)cccc1OCC1CO1. The first-order valence-corrected chi connectivity index (χ1v) is 5.61. The highest BCUT2D eigenvalue weighted by Crippen LogP contribution is 2.27. The standard InChI is InChI=1S/C12H17NO4/c13-12-8(4-9(15)5-14)2-1-3-11(12)17-7-10-6-16-10/h1-3,9-10,14-15H,4-7,13H2. The highest BCUT2D eigenvalue weighted by Gasteiger charge is 2.23. The zero-order valence-electron chi connectivity index (χ0n) is 9.50. The summed E-state index contributed by atoms with van der Waals surface area (Å²) in [6.45, 7) is 0.958. The average Bonchev–Trinajstić information content (AvgIpc) is 3.14. The van der Waals surface area contributed by atoms with Crippen molar-refractivity contribution < 1.29 is 19.7 Å². The summed E-state index contributed by atoms with van der Waals surface area (Å²) < 4.78 is 10.6. The van der Waals surface area contributed by atoms with Crippen molar-refractivity contribution in [1.82, 2.24) is 0 Å². The van der Waals surface area contributed by atoms with Crippen LogP contribution in [-0.2, 0) is 11.2 Å². The van der Waals surface area contributed by atoms with Crippen molar-refractivity contribution in [1.29, 1.82) is 0 Å². The van der Waals surface area contributed by atoms with Crippen LogP contribution in [0.25, 0.3) is 0 Å². The third-order valence-electron chi connectivity index (χ3n) is 2.65. The quantitative estimate of drug-likeness (QED) is 0.478. The summed E-state index contributed by atoms with van der Waals surface area (Å²) >= 11 is 0. The number of benzene rings is 1. The molecule has 2 rings (SSSR count). The van der Waals surface area contributed by atoms with Gasteiger partial charge in [-0.1, -0.05) is 12.1 Å². The van der Waals surface area contributed by atoms with E-state index in [2.05, 4.69) is 0 Å². The Balaban J connectivity index is 2.02. The van der Waals surface area contributed by atoms with E-state index < -0.39 is 6.10 Å². The maximum atomic E-state index is 9.39. The van der Waals surface area contributed by atoms with E-state index >= 15 is 0 Å². The number of para-hydroxylation sites is 1. The zero-order chi connectivity index (χ0) is 12.3. The average molecular weight is 239 g/mol. The van der Waals surface area contributed by atoms with Gasteiger partial charge >= 0.3 is 0 Å². The largest absolute Gasteiger partial charge is 0.489 e. The van der Waals surface area contributed by atoms with Crippen LogP contribution in [0.1, 0.15) is 5.56 Å². The second kappa shape index (κ2) is 5.35. The van der Waals surface area contributed by atoms with E-state index in [-0.39, 0.29) is 12.7 Å². The van der Waals surface area contributed by atoms with Gasteiger partial charge in [0.2, 0.25) is 0 Å². The van der Waals surface area contributed by atoms with Crippen molar-refractivity contribution >= 4 is 5.69 Å². The Kier molecular flexibility index (Phi) is 3.83. The monoisotopic (exact) mass is 239 g/mol. The minimum absolute atomic E-state index is 0.182. The lowest BCUT2D eigenvalue weighted by Gasteiger charge is -2.13. The summed E-state index contributed by atoms with van der Waals surface area (Å²) in [4.78, 5) is 0. The molecule has 0 radical (unpaired) electrons. The molecule has 1 heterocycles. The van der Waals surface area contributed by atoms with E-state index in [1.807, 2.05) is 12.1 Å². The molecule has 5 nitrogen and oxygen atoms in total. The van der Waals surface area contributed by atoms with E-state index in [4.69, 9.17) is 20.3 Å². The third kappa shape index (κ3) is 3.33. The van der Waals surface area contributed by atoms with Gasteiger partial charge in [-0.3, -0.25) is 0 Å². The molecule has 0 amide bonds. The van der Waals surface area contributed by atoms with E-state index in [1.165, 1.54) is 0 Å². The number of aliphatic hydroxyl groups is 2. The molecule has 1 fully saturated rings. The lowest BCUT2D eigenvalue weighted by atomic mass is 10.1. The molecule has 5 heteroatoms. The molecule has 94 valence electrons. The second-order valence-electron chi connectivity index (χ2n) is 4.14. The molecular formula is C12H17NO4. The molecule has 1 aliphatic heterocycles. The number of anilines is 1. The van der Waals surface area contributed by atoms with Gasteiger partial charge in [0.15, 0.2) is 0 Å². The van der Waals surface area contributed by atoms with Crippen LogP contribution >= 0.6 is 0 Å². The number of rotatable bonds is 6. The van der Waals surface area contributed by atoms with Crippen LogP contribution in [0.5, 0.6) is 5.75 Å². The minimum atomic E-state index is -0.792. The first-order valence-electron chi connectivity index (χ1n) is 5.61. The highest BCUT2D eigenvalue weighted by atomic mass is 16.6. The molecular weight excluding hydrogens is 222 g/mol. The van der Waals surface area contributed by atoms with Crippen LogP contribution in [0.3, 0.4) is 0 Å². The van der Waals surface area contributed by atoms with E-state index in [9.17, 15) is 5.11 Å². The molecule has 0 spiro atoms. The predicted molar refractivity (Wildman–Crippen MR) is 62.9 cm³/mol. The van der Waals surface area contributed by atoms with Gasteiger partial charge in [0.05, 0.1) is 25.0 Å². The molecule has 2 atom stereocenters. The van der Waals surface area contributed by atoms with Crippen molar-refractivity contribution in [2.24, 2.45) is 0 Å². The molecule has 4 N–H and O–H groups in total. The van der Waals surface area contributed by atoms with E-state index in [0.29, 0.717) is 24.5 Å². The van der Waals surface area contributed by atoms with Crippen LogP contribution in [-0.4, -0.2) is 42.2 Å². The first-order chi connectivity index (χ1) is 8.20. The van der Waals surface area contributed by atoms with Crippen molar-refractivity contribution in [3.05, 3.63) is 23.8 Å². The number of nitrogen functional groups attached to an aromatic ring is 1. The van der Waals surface area contributed by atoms with Gasteiger partial charge in [0.1, 0.15) is 18.5 Å². The molecule has 1 aromatic carbocycles. The van der Waals surface area contributed by atoms with Crippen molar-refractivity contribution in [3.8, 4) is 5.75 Å². The Morgan fingerprint density at radius 3 is 2.94 bits per heavy atom. The number of epoxide rings is 1. The fraction of sp³-hybridized carbons (Fsp3) is 0.500. The van der Waals surface area contributed by atoms with Gasteiger partial charge in [-0.05, 0) is 11.6 Å². The van der Waals surface area contributed by atoms with Gasteiger partial charge in [0.25, 0.3) is 0 Å². The van der Waals surface area contributed by atoms with Crippen molar-refractivity contribution in [3.63, 3.8) is 0 Å². The summed E-state index contributed by atoms with van der Waals surface area (Å²) in [5.74, 6) is 0.600. The number of nitrogens with two attached hydrogens (primary N) is 1. The molecule has 0 saturated carbocycles. The van der Waals surface area contributed by atoms with Gasteiger partial charge < -0.3 is 25.4 Å². The van der Waals surface area contributed by atoms with Crippen LogP contribution in [0.15, 0.2) is 18.2 Å². The number of aliphatic hydroxyl groups excluding tert-OH is 2. The summed E-state index contributed by atoms with van der Waals surface area (Å²) in [5.41, 5.74) is 7.23. The van der Waals surface area contributed by atoms with Gasteiger partial charge in [-0.25, -0.2) is 0 Å². The normalized spacial score (nSPS) is 20.0. The van der Waals surface area contributed by atoms with Crippen LogP contribution in [0, 0.1) is 0 Å². The lowest BCUT2D eigenvalue weighted by molar-refractivity contribution is 0.0956. The predicted octanol–water partition coefficient (Wildman–Crippen LogP) is -0.0579. The molecule has 1 aliphatic rings. The Morgan fingerprint density at radius 1 is 1.53 bits per heavy atom. The molecule has 2 unspecified atom stereocenters. The Hall–Kier alpha value is -1.30. The third-order valence-corrected chi connectivity index (χ3v) is 2.65. The summed E-state index contributed by atoms with van der Waals surface area (Å²) in [6.07, 6.45) is -0.292. The Bertz CT molecular complexity index is 379. The second-order valence-corrected chi connectivity index (χ2v) is 4.14. The van der Waals surface area contributed by atoms with Crippen LogP contribution in [0.2, 0.25) is 0 Å². The maximum absolute atomic E-state index is 9.39. The highest BCUT2D eigenvalue weighted by molar-refractivity contribution is 5.58. The first kappa shape index (κ1) is 12.2. The Labute approximate surface area is 99.8 Å². The van der Waals surface area contributed by atoms with Crippen LogP contribution < -0.4 is 10.5 Å². The summed E-state index contributed by atoms with van der Waals surface area (Å²) in [6, 6.07) is 5.42. The number of hydrogen-bond acceptors (Lipinski definition) is 5. The van der Waals surface area contributed by atoms with Gasteiger partial charge in [-0.15, -0.1) is 0 Å². The topological polar surface area (TPSA) is 88.2 Å². The molecule has 0 aromatic heterocycles. The van der Waals surface area contributed by atoms with E-state index in [0.717, 1.165) is 12.2 Å². The molecule has 1 saturated heterocycles. The summed E-state index contributed by atoms with van der Waals surface area (Å²) in [7, 11) is 0. The molecule has 17 heavy (non-hydrogen) atoms. The smallest absolute Gasteiger partial charge is 0.142 e.